The predicted molar refractivity (Wildman–Crippen MR) is 36.0 cm³/mol. The second-order valence-electron chi connectivity index (χ2n) is 1.52. The molecule has 0 fully saturated rings. The summed E-state index contributed by atoms with van der Waals surface area (Å²) in [6, 6.07) is 0. The fourth-order valence-corrected chi connectivity index (χ4v) is 0.400. The number of hydrogen-bond acceptors (Lipinski definition) is 2. The fourth-order valence-electron chi connectivity index (χ4n) is 0.400. The van der Waals surface area contributed by atoms with Crippen molar-refractivity contribution in [1.29, 1.82) is 0 Å². The maximum Gasteiger partial charge on any atom is 0.337 e. The van der Waals surface area contributed by atoms with Crippen molar-refractivity contribution in [1.82, 2.24) is 0 Å². The van der Waals surface area contributed by atoms with Crippen molar-refractivity contribution >= 4 is 5.97 Å². The van der Waals surface area contributed by atoms with E-state index in [2.05, 4.69) is 11.3 Å². The van der Waals surface area contributed by atoms with Gasteiger partial charge in [0, 0.05) is 0 Å². The minimum absolute atomic E-state index is 0.375. The second-order valence-corrected chi connectivity index (χ2v) is 1.52. The van der Waals surface area contributed by atoms with Crippen LogP contribution < -0.4 is 0 Å². The van der Waals surface area contributed by atoms with Crippen LogP contribution in [0.2, 0.25) is 0 Å². The minimum Gasteiger partial charge on any atom is -0.465 e. The number of rotatable bonds is 2. The highest BCUT2D eigenvalue weighted by atomic mass is 16.5. The van der Waals surface area contributed by atoms with Gasteiger partial charge in [0.25, 0.3) is 0 Å². The highest BCUT2D eigenvalue weighted by Crippen LogP contribution is 1.93. The Morgan fingerprint density at radius 1 is 1.67 bits per heavy atom. The Morgan fingerprint density at radius 3 is 2.56 bits per heavy atom. The van der Waals surface area contributed by atoms with E-state index < -0.39 is 0 Å². The van der Waals surface area contributed by atoms with Crippen LogP contribution in [0.3, 0.4) is 0 Å². The summed E-state index contributed by atoms with van der Waals surface area (Å²) in [7, 11) is 1.33. The summed E-state index contributed by atoms with van der Waals surface area (Å²) in [6.07, 6.45) is 3.34. The van der Waals surface area contributed by atoms with Crippen molar-refractivity contribution in [3.8, 4) is 0 Å². The lowest BCUT2D eigenvalue weighted by molar-refractivity contribution is -0.135. The van der Waals surface area contributed by atoms with Crippen LogP contribution in [0.25, 0.3) is 0 Å². The molecule has 0 aromatic rings. The van der Waals surface area contributed by atoms with Crippen molar-refractivity contribution < 1.29 is 9.53 Å². The van der Waals surface area contributed by atoms with Gasteiger partial charge < -0.3 is 4.74 Å². The molecular weight excluding hydrogens is 116 g/mol. The predicted octanol–water partition coefficient (Wildman–Crippen LogP) is 1.29. The third-order valence-corrected chi connectivity index (χ3v) is 0.815. The first-order valence-corrected chi connectivity index (χ1v) is 2.62. The van der Waals surface area contributed by atoms with Crippen LogP contribution in [0.1, 0.15) is 6.92 Å². The molecule has 9 heavy (non-hydrogen) atoms. The minimum atomic E-state index is -0.381. The van der Waals surface area contributed by atoms with Crippen molar-refractivity contribution in [3.05, 3.63) is 24.3 Å². The molecule has 2 nitrogen and oxygen atoms in total. The van der Waals surface area contributed by atoms with Crippen LogP contribution in [0.15, 0.2) is 24.3 Å². The number of methoxy groups -OCH3 is 1. The fraction of sp³-hybridized carbons (Fsp3) is 0.286. The molecule has 0 radical (unpaired) electrons. The van der Waals surface area contributed by atoms with Gasteiger partial charge in [-0.2, -0.15) is 0 Å². The molecule has 0 saturated heterocycles. The van der Waals surface area contributed by atoms with E-state index in [1.165, 1.54) is 7.11 Å². The van der Waals surface area contributed by atoms with Crippen LogP contribution in [-0.2, 0) is 9.53 Å². The van der Waals surface area contributed by atoms with Gasteiger partial charge in [0.15, 0.2) is 0 Å². The average molecular weight is 126 g/mol. The van der Waals surface area contributed by atoms with Crippen molar-refractivity contribution in [2.45, 2.75) is 6.92 Å². The maximum atomic E-state index is 10.5. The average Bonchev–Trinajstić information content (AvgIpc) is 1.87. The van der Waals surface area contributed by atoms with E-state index >= 15 is 0 Å². The number of ether oxygens (including phenoxy) is 1. The Morgan fingerprint density at radius 2 is 2.22 bits per heavy atom. The molecule has 0 unspecified atom stereocenters. The lowest BCUT2D eigenvalue weighted by Gasteiger charge is -1.93. The lowest BCUT2D eigenvalue weighted by Crippen LogP contribution is -2.00. The summed E-state index contributed by atoms with van der Waals surface area (Å²) in [6.45, 7) is 5.27. The Bertz CT molecular complexity index is 145. The molecule has 0 aliphatic rings. The van der Waals surface area contributed by atoms with E-state index in [0.717, 1.165) is 0 Å². The smallest absolute Gasteiger partial charge is 0.337 e. The monoisotopic (exact) mass is 126 g/mol. The third-order valence-electron chi connectivity index (χ3n) is 0.815. The van der Waals surface area contributed by atoms with E-state index in [1.54, 1.807) is 12.2 Å². The number of hydrogen-bond donors (Lipinski definition) is 0. The molecule has 50 valence electrons. The summed E-state index contributed by atoms with van der Waals surface area (Å²) in [5.74, 6) is -0.381. The van der Waals surface area contributed by atoms with E-state index in [0.29, 0.717) is 5.57 Å². The molecule has 0 aliphatic carbocycles. The summed E-state index contributed by atoms with van der Waals surface area (Å²) in [5, 5.41) is 0. The molecule has 0 atom stereocenters. The molecule has 0 saturated carbocycles. The Labute approximate surface area is 54.8 Å². The molecule has 2 heteroatoms. The zero-order valence-electron chi connectivity index (χ0n) is 5.68. The number of esters is 1. The molecule has 0 aromatic carbocycles. The van der Waals surface area contributed by atoms with Gasteiger partial charge in [0.1, 0.15) is 0 Å². The van der Waals surface area contributed by atoms with Crippen LogP contribution >= 0.6 is 0 Å². The topological polar surface area (TPSA) is 26.3 Å². The van der Waals surface area contributed by atoms with E-state index in [-0.39, 0.29) is 5.97 Å². The van der Waals surface area contributed by atoms with E-state index in [1.807, 2.05) is 6.92 Å². The zero-order chi connectivity index (χ0) is 7.28. The van der Waals surface area contributed by atoms with Gasteiger partial charge in [-0.1, -0.05) is 18.7 Å². The van der Waals surface area contributed by atoms with Crippen LogP contribution in [-0.4, -0.2) is 13.1 Å². The maximum absolute atomic E-state index is 10.5. The molecule has 0 aliphatic heterocycles. The first-order chi connectivity index (χ1) is 4.22. The van der Waals surface area contributed by atoms with E-state index in [4.69, 9.17) is 0 Å². The Kier molecular flexibility index (Phi) is 3.44. The number of allylic oxidation sites excluding steroid dienone is 1. The van der Waals surface area contributed by atoms with Crippen LogP contribution in [0, 0.1) is 0 Å². The number of carbonyl (C=O) groups is 1. The van der Waals surface area contributed by atoms with Crippen LogP contribution in [0.5, 0.6) is 0 Å². The van der Waals surface area contributed by atoms with Gasteiger partial charge in [-0.25, -0.2) is 4.79 Å². The quantitative estimate of drug-likeness (QED) is 0.316. The van der Waals surface area contributed by atoms with E-state index in [9.17, 15) is 4.79 Å². The molecule has 0 bridgehead atoms. The third kappa shape index (κ3) is 2.69. The molecule has 0 N–H and O–H groups in total. The molecule has 0 rings (SSSR count). The second kappa shape index (κ2) is 3.89. The normalized spacial score (nSPS) is 9.56. The van der Waals surface area contributed by atoms with Crippen molar-refractivity contribution in [2.75, 3.05) is 7.11 Å². The first-order valence-electron chi connectivity index (χ1n) is 2.62. The largest absolute Gasteiger partial charge is 0.465 e. The van der Waals surface area contributed by atoms with Crippen molar-refractivity contribution in [2.24, 2.45) is 0 Å². The summed E-state index contributed by atoms with van der Waals surface area (Å²) in [4.78, 5) is 10.5. The molecule has 0 spiro atoms. The van der Waals surface area contributed by atoms with Crippen LogP contribution in [0.4, 0.5) is 0 Å². The highest BCUT2D eigenvalue weighted by molar-refractivity contribution is 5.90. The standard InChI is InChI=1S/C7H10O2/c1-4-5-6(2)7(8)9-3/h4-5H,2H2,1,3H3/b5-4-. The van der Waals surface area contributed by atoms with Gasteiger partial charge in [-0.05, 0) is 6.92 Å². The summed E-state index contributed by atoms with van der Waals surface area (Å²) >= 11 is 0. The first kappa shape index (κ1) is 7.95. The Hall–Kier alpha value is -1.05. The lowest BCUT2D eigenvalue weighted by atomic mass is 10.3. The summed E-state index contributed by atoms with van der Waals surface area (Å²) in [5.41, 5.74) is 0.375. The van der Waals surface area contributed by atoms with Gasteiger partial charge in [-0.3, -0.25) is 0 Å². The zero-order valence-corrected chi connectivity index (χ0v) is 5.68. The Balaban J connectivity index is 3.89. The van der Waals surface area contributed by atoms with Gasteiger partial charge in [0.05, 0.1) is 12.7 Å². The van der Waals surface area contributed by atoms with Gasteiger partial charge >= 0.3 is 5.97 Å². The molecule has 0 aromatic heterocycles. The summed E-state index contributed by atoms with van der Waals surface area (Å²) < 4.78 is 4.37. The number of carbonyl (C=O) groups excluding carboxylic acids is 1. The SMILES string of the molecule is C=C(/C=C\C)C(=O)OC. The van der Waals surface area contributed by atoms with Gasteiger partial charge in [-0.15, -0.1) is 0 Å². The van der Waals surface area contributed by atoms with Crippen molar-refractivity contribution in [3.63, 3.8) is 0 Å². The highest BCUT2D eigenvalue weighted by Gasteiger charge is 1.99. The molecule has 0 heterocycles. The molecular formula is C7H10O2. The molecule has 0 amide bonds. The van der Waals surface area contributed by atoms with Gasteiger partial charge in [0.2, 0.25) is 0 Å².